The number of nitrogens with zero attached hydrogens (tertiary/aromatic N) is 2. The molecule has 0 radical (unpaired) electrons. The van der Waals surface area contributed by atoms with Crippen molar-refractivity contribution in [2.75, 3.05) is 6.61 Å². The lowest BCUT2D eigenvalue weighted by molar-refractivity contribution is 0.109. The number of hydrogen-bond donors (Lipinski definition) is 0. The molecule has 4 nitrogen and oxygen atoms in total. The molecule has 3 aromatic rings. The standard InChI is InChI=1S/C15H11ClN2O2/c16-14-10-8-19-6-5-11(10)17-15(18-14)13-7-9-3-1-2-4-12(9)20-13/h1-4,7H,5-6,8H2. The summed E-state index contributed by atoms with van der Waals surface area (Å²) in [6, 6.07) is 9.77. The zero-order chi connectivity index (χ0) is 13.5. The number of aromatic nitrogens is 2. The Bertz CT molecular complexity index is 765. The average molecular weight is 287 g/mol. The van der Waals surface area contributed by atoms with Gasteiger partial charge in [-0.15, -0.1) is 0 Å². The van der Waals surface area contributed by atoms with Gasteiger partial charge in [-0.3, -0.25) is 0 Å². The Kier molecular flexibility index (Phi) is 2.72. The van der Waals surface area contributed by atoms with Crippen LogP contribution in [0.2, 0.25) is 5.15 Å². The minimum atomic E-state index is 0.449. The predicted molar refractivity (Wildman–Crippen MR) is 75.6 cm³/mol. The summed E-state index contributed by atoms with van der Waals surface area (Å²) in [4.78, 5) is 8.90. The number of benzene rings is 1. The fraction of sp³-hybridized carbons (Fsp3) is 0.200. The number of furan rings is 1. The molecule has 2 aromatic heterocycles. The van der Waals surface area contributed by atoms with Gasteiger partial charge in [0.05, 0.1) is 18.9 Å². The summed E-state index contributed by atoms with van der Waals surface area (Å²) < 4.78 is 11.2. The van der Waals surface area contributed by atoms with Gasteiger partial charge in [0, 0.05) is 17.4 Å². The van der Waals surface area contributed by atoms with Crippen LogP contribution in [0, 0.1) is 0 Å². The maximum atomic E-state index is 6.22. The van der Waals surface area contributed by atoms with Crippen molar-refractivity contribution >= 4 is 22.6 Å². The smallest absolute Gasteiger partial charge is 0.197 e. The molecule has 0 saturated heterocycles. The molecule has 5 heteroatoms. The van der Waals surface area contributed by atoms with Crippen molar-refractivity contribution in [1.29, 1.82) is 0 Å². The second-order valence-corrected chi connectivity index (χ2v) is 5.07. The van der Waals surface area contributed by atoms with Crippen LogP contribution < -0.4 is 0 Å². The maximum Gasteiger partial charge on any atom is 0.197 e. The summed E-state index contributed by atoms with van der Waals surface area (Å²) in [5.41, 5.74) is 2.66. The largest absolute Gasteiger partial charge is 0.453 e. The van der Waals surface area contributed by atoms with Crippen LogP contribution in [0.5, 0.6) is 0 Å². The fourth-order valence-electron chi connectivity index (χ4n) is 2.39. The second kappa shape index (κ2) is 4.58. The highest BCUT2D eigenvalue weighted by Gasteiger charge is 2.19. The van der Waals surface area contributed by atoms with E-state index in [2.05, 4.69) is 9.97 Å². The highest BCUT2D eigenvalue weighted by atomic mass is 35.5. The summed E-state index contributed by atoms with van der Waals surface area (Å²) >= 11 is 6.22. The zero-order valence-corrected chi connectivity index (χ0v) is 11.4. The molecule has 3 heterocycles. The summed E-state index contributed by atoms with van der Waals surface area (Å²) in [5, 5.41) is 1.48. The number of ether oxygens (including phenoxy) is 1. The Morgan fingerprint density at radius 1 is 1.15 bits per heavy atom. The molecule has 0 atom stereocenters. The number of rotatable bonds is 1. The highest BCUT2D eigenvalue weighted by molar-refractivity contribution is 6.30. The molecule has 0 aliphatic carbocycles. The van der Waals surface area contributed by atoms with E-state index in [1.165, 1.54) is 0 Å². The molecule has 0 amide bonds. The van der Waals surface area contributed by atoms with Gasteiger partial charge in [0.15, 0.2) is 11.6 Å². The van der Waals surface area contributed by atoms with Crippen LogP contribution in [0.1, 0.15) is 11.3 Å². The number of halogens is 1. The minimum Gasteiger partial charge on any atom is -0.453 e. The van der Waals surface area contributed by atoms with E-state index in [0.717, 1.165) is 28.6 Å². The molecule has 0 fully saturated rings. The van der Waals surface area contributed by atoms with Gasteiger partial charge in [0.25, 0.3) is 0 Å². The van der Waals surface area contributed by atoms with E-state index in [4.69, 9.17) is 20.8 Å². The molecule has 0 saturated carbocycles. The summed E-state index contributed by atoms with van der Waals surface area (Å²) in [6.45, 7) is 1.15. The SMILES string of the molecule is Clc1nc(-c2cc3ccccc3o2)nc2c1COCC2. The number of fused-ring (bicyclic) bond motifs is 2. The van der Waals surface area contributed by atoms with Gasteiger partial charge >= 0.3 is 0 Å². The van der Waals surface area contributed by atoms with Crippen LogP contribution in [0.4, 0.5) is 0 Å². The van der Waals surface area contributed by atoms with E-state index in [1.807, 2.05) is 30.3 Å². The van der Waals surface area contributed by atoms with Crippen molar-refractivity contribution in [2.24, 2.45) is 0 Å². The van der Waals surface area contributed by atoms with Gasteiger partial charge in [0.2, 0.25) is 0 Å². The van der Waals surface area contributed by atoms with E-state index >= 15 is 0 Å². The lowest BCUT2D eigenvalue weighted by atomic mass is 10.1. The third-order valence-corrected chi connectivity index (χ3v) is 3.73. The van der Waals surface area contributed by atoms with Gasteiger partial charge in [0.1, 0.15) is 10.7 Å². The number of hydrogen-bond acceptors (Lipinski definition) is 4. The molecule has 1 aromatic carbocycles. The molecule has 1 aliphatic rings. The summed E-state index contributed by atoms with van der Waals surface area (Å²) in [5.74, 6) is 1.18. The van der Waals surface area contributed by atoms with Gasteiger partial charge in [-0.05, 0) is 12.1 Å². The quantitative estimate of drug-likeness (QED) is 0.641. The Labute approximate surface area is 120 Å². The predicted octanol–water partition coefficient (Wildman–Crippen LogP) is 3.62. The Morgan fingerprint density at radius 2 is 2.05 bits per heavy atom. The van der Waals surface area contributed by atoms with Crippen LogP contribution >= 0.6 is 11.6 Å². The fourth-order valence-corrected chi connectivity index (χ4v) is 2.64. The van der Waals surface area contributed by atoms with Crippen molar-refractivity contribution in [3.8, 4) is 11.6 Å². The molecule has 0 spiro atoms. The molecule has 20 heavy (non-hydrogen) atoms. The Morgan fingerprint density at radius 3 is 2.95 bits per heavy atom. The summed E-state index contributed by atoms with van der Waals surface area (Å²) in [6.07, 6.45) is 0.755. The first-order chi connectivity index (χ1) is 9.81. The van der Waals surface area contributed by atoms with Gasteiger partial charge in [-0.25, -0.2) is 9.97 Å². The van der Waals surface area contributed by atoms with Crippen LogP contribution in [0.15, 0.2) is 34.7 Å². The first kappa shape index (κ1) is 11.9. The van der Waals surface area contributed by atoms with Crippen molar-refractivity contribution in [3.05, 3.63) is 46.7 Å². The van der Waals surface area contributed by atoms with Crippen LogP contribution in [0.3, 0.4) is 0 Å². The number of para-hydroxylation sites is 1. The molecule has 1 aliphatic heterocycles. The molecular weight excluding hydrogens is 276 g/mol. The molecule has 0 bridgehead atoms. The molecular formula is C15H11ClN2O2. The normalized spacial score (nSPS) is 14.4. The lowest BCUT2D eigenvalue weighted by Crippen LogP contribution is -2.14. The maximum absolute atomic E-state index is 6.22. The third kappa shape index (κ3) is 1.88. The first-order valence-electron chi connectivity index (χ1n) is 6.43. The minimum absolute atomic E-state index is 0.449. The Hall–Kier alpha value is -1.91. The van der Waals surface area contributed by atoms with Crippen LogP contribution in [-0.4, -0.2) is 16.6 Å². The van der Waals surface area contributed by atoms with Gasteiger partial charge in [-0.2, -0.15) is 0 Å². The van der Waals surface area contributed by atoms with E-state index < -0.39 is 0 Å². The average Bonchev–Trinajstić information content (AvgIpc) is 2.91. The second-order valence-electron chi connectivity index (χ2n) is 4.71. The monoisotopic (exact) mass is 286 g/mol. The first-order valence-corrected chi connectivity index (χ1v) is 6.81. The Balaban J connectivity index is 1.87. The third-order valence-electron chi connectivity index (χ3n) is 3.42. The summed E-state index contributed by atoms with van der Waals surface area (Å²) in [7, 11) is 0. The lowest BCUT2D eigenvalue weighted by Gasteiger charge is -2.16. The van der Waals surface area contributed by atoms with E-state index in [-0.39, 0.29) is 0 Å². The topological polar surface area (TPSA) is 48.2 Å². The van der Waals surface area contributed by atoms with Gasteiger partial charge in [-0.1, -0.05) is 29.8 Å². The highest BCUT2D eigenvalue weighted by Crippen LogP contribution is 2.29. The van der Waals surface area contributed by atoms with Crippen molar-refractivity contribution in [2.45, 2.75) is 13.0 Å². The molecule has 0 N–H and O–H groups in total. The van der Waals surface area contributed by atoms with Gasteiger partial charge < -0.3 is 9.15 Å². The van der Waals surface area contributed by atoms with Crippen LogP contribution in [-0.2, 0) is 17.8 Å². The molecule has 4 rings (SSSR count). The van der Waals surface area contributed by atoms with E-state index in [0.29, 0.717) is 30.0 Å². The van der Waals surface area contributed by atoms with E-state index in [1.54, 1.807) is 0 Å². The van der Waals surface area contributed by atoms with Crippen molar-refractivity contribution < 1.29 is 9.15 Å². The van der Waals surface area contributed by atoms with Crippen molar-refractivity contribution in [1.82, 2.24) is 9.97 Å². The van der Waals surface area contributed by atoms with E-state index in [9.17, 15) is 0 Å². The van der Waals surface area contributed by atoms with Crippen LogP contribution in [0.25, 0.3) is 22.6 Å². The van der Waals surface area contributed by atoms with Crippen molar-refractivity contribution in [3.63, 3.8) is 0 Å². The molecule has 100 valence electrons. The zero-order valence-electron chi connectivity index (χ0n) is 10.6. The molecule has 0 unspecified atom stereocenters.